The molecule has 3 N–H and O–H groups in total. The standard InChI is InChI=1S/C20H24F3N7O2/c1-19(2)5-14(3-4-15(19)31)29-16-12(6-24)8-26-18(30-16)27-9-13-7-25-11-28-17(13)32-10-20(21,22)23/h7-8,11,14-15,31H,3-5,9-10H2,1-2H3,(H2,26,27,29,30)/t14-,15+/m1/s1. The highest BCUT2D eigenvalue weighted by Gasteiger charge is 2.36. The molecule has 0 unspecified atom stereocenters. The molecule has 2 aromatic heterocycles. The smallest absolute Gasteiger partial charge is 0.422 e. The Kier molecular flexibility index (Phi) is 6.98. The number of hydrogen-bond acceptors (Lipinski definition) is 9. The zero-order valence-corrected chi connectivity index (χ0v) is 17.6. The first-order valence-electron chi connectivity index (χ1n) is 10.0. The van der Waals surface area contributed by atoms with Gasteiger partial charge in [-0.3, -0.25) is 0 Å². The summed E-state index contributed by atoms with van der Waals surface area (Å²) >= 11 is 0. The maximum absolute atomic E-state index is 12.5. The van der Waals surface area contributed by atoms with E-state index in [1.54, 1.807) is 0 Å². The Morgan fingerprint density at radius 1 is 1.28 bits per heavy atom. The van der Waals surface area contributed by atoms with E-state index in [1.807, 2.05) is 19.9 Å². The van der Waals surface area contributed by atoms with Gasteiger partial charge in [0.05, 0.1) is 17.9 Å². The number of alkyl halides is 3. The molecule has 1 aliphatic carbocycles. The van der Waals surface area contributed by atoms with E-state index in [0.717, 1.165) is 12.7 Å². The van der Waals surface area contributed by atoms with Crippen molar-refractivity contribution in [2.75, 3.05) is 17.2 Å². The van der Waals surface area contributed by atoms with Gasteiger partial charge in [-0.2, -0.15) is 23.4 Å². The molecular weight excluding hydrogens is 427 g/mol. The van der Waals surface area contributed by atoms with Crippen molar-refractivity contribution < 1.29 is 23.0 Å². The Balaban J connectivity index is 1.70. The second-order valence-corrected chi connectivity index (χ2v) is 8.31. The van der Waals surface area contributed by atoms with Gasteiger partial charge in [0.25, 0.3) is 0 Å². The maximum Gasteiger partial charge on any atom is 0.422 e. The van der Waals surface area contributed by atoms with Crippen molar-refractivity contribution in [3.8, 4) is 11.9 Å². The van der Waals surface area contributed by atoms with Crippen molar-refractivity contribution in [2.24, 2.45) is 5.41 Å². The number of nitriles is 1. The fraction of sp³-hybridized carbons (Fsp3) is 0.550. The summed E-state index contributed by atoms with van der Waals surface area (Å²) < 4.78 is 42.1. The first-order valence-corrected chi connectivity index (χ1v) is 10.0. The zero-order valence-electron chi connectivity index (χ0n) is 17.6. The van der Waals surface area contributed by atoms with Crippen LogP contribution in [0, 0.1) is 16.7 Å². The van der Waals surface area contributed by atoms with Gasteiger partial charge in [-0.05, 0) is 24.7 Å². The summed E-state index contributed by atoms with van der Waals surface area (Å²) in [6.07, 6.45) is 0.982. The highest BCUT2D eigenvalue weighted by atomic mass is 19.4. The van der Waals surface area contributed by atoms with E-state index in [9.17, 15) is 23.5 Å². The normalized spacial score (nSPS) is 20.3. The van der Waals surface area contributed by atoms with E-state index in [1.165, 1.54) is 12.4 Å². The van der Waals surface area contributed by atoms with Gasteiger partial charge in [0.2, 0.25) is 11.8 Å². The van der Waals surface area contributed by atoms with Crippen molar-refractivity contribution in [2.45, 2.75) is 58.0 Å². The van der Waals surface area contributed by atoms with Crippen LogP contribution in [0.25, 0.3) is 0 Å². The van der Waals surface area contributed by atoms with Gasteiger partial charge >= 0.3 is 6.18 Å². The van der Waals surface area contributed by atoms with Crippen molar-refractivity contribution in [1.82, 2.24) is 19.9 Å². The maximum atomic E-state index is 12.5. The average molecular weight is 451 g/mol. The number of nitrogens with one attached hydrogen (secondary N) is 2. The van der Waals surface area contributed by atoms with Crippen molar-refractivity contribution in [3.05, 3.63) is 29.8 Å². The first kappa shape index (κ1) is 23.5. The fourth-order valence-electron chi connectivity index (χ4n) is 3.52. The van der Waals surface area contributed by atoms with Gasteiger partial charge in [-0.15, -0.1) is 0 Å². The summed E-state index contributed by atoms with van der Waals surface area (Å²) in [4.78, 5) is 16.0. The molecule has 9 nitrogen and oxygen atoms in total. The van der Waals surface area contributed by atoms with Crippen LogP contribution in [-0.2, 0) is 6.54 Å². The molecule has 0 spiro atoms. The molecule has 0 radical (unpaired) electrons. The number of aliphatic hydroxyl groups is 1. The molecule has 2 heterocycles. The van der Waals surface area contributed by atoms with Gasteiger partial charge in [0, 0.05) is 18.8 Å². The van der Waals surface area contributed by atoms with E-state index in [0.29, 0.717) is 24.2 Å². The third-order valence-electron chi connectivity index (χ3n) is 5.27. The summed E-state index contributed by atoms with van der Waals surface area (Å²) in [5.74, 6) is 0.326. The molecule has 2 atom stereocenters. The monoisotopic (exact) mass is 451 g/mol. The molecule has 0 saturated heterocycles. The lowest BCUT2D eigenvalue weighted by atomic mass is 9.73. The van der Waals surface area contributed by atoms with Crippen LogP contribution in [0.1, 0.15) is 44.2 Å². The minimum atomic E-state index is -4.49. The van der Waals surface area contributed by atoms with E-state index in [2.05, 4.69) is 30.6 Å². The van der Waals surface area contributed by atoms with Crippen LogP contribution in [0.5, 0.6) is 5.88 Å². The van der Waals surface area contributed by atoms with Gasteiger partial charge < -0.3 is 20.5 Å². The number of aliphatic hydroxyl groups excluding tert-OH is 1. The second kappa shape index (κ2) is 9.52. The topological polar surface area (TPSA) is 129 Å². The number of ether oxygens (including phenoxy) is 1. The van der Waals surface area contributed by atoms with Gasteiger partial charge in [0.1, 0.15) is 23.8 Å². The summed E-state index contributed by atoms with van der Waals surface area (Å²) in [7, 11) is 0. The molecule has 1 fully saturated rings. The van der Waals surface area contributed by atoms with E-state index >= 15 is 0 Å². The number of rotatable bonds is 7. The van der Waals surface area contributed by atoms with Gasteiger partial charge in [0.15, 0.2) is 6.61 Å². The van der Waals surface area contributed by atoms with Crippen molar-refractivity contribution in [1.29, 1.82) is 5.26 Å². The minimum Gasteiger partial charge on any atom is -0.468 e. The predicted molar refractivity (Wildman–Crippen MR) is 109 cm³/mol. The lowest BCUT2D eigenvalue weighted by Crippen LogP contribution is -2.41. The number of nitrogens with zero attached hydrogens (tertiary/aromatic N) is 5. The molecule has 0 aliphatic heterocycles. The molecular formula is C20H24F3N7O2. The predicted octanol–water partition coefficient (Wildman–Crippen LogP) is 3.04. The van der Waals surface area contributed by atoms with E-state index < -0.39 is 12.8 Å². The Morgan fingerprint density at radius 2 is 2.06 bits per heavy atom. The minimum absolute atomic E-state index is 0.0159. The lowest BCUT2D eigenvalue weighted by molar-refractivity contribution is -0.154. The molecule has 1 aliphatic rings. The van der Waals surface area contributed by atoms with Crippen LogP contribution in [0.15, 0.2) is 18.7 Å². The highest BCUT2D eigenvalue weighted by molar-refractivity contribution is 5.54. The molecule has 32 heavy (non-hydrogen) atoms. The Hall–Kier alpha value is -3.20. The molecule has 3 rings (SSSR count). The van der Waals surface area contributed by atoms with Crippen molar-refractivity contribution in [3.63, 3.8) is 0 Å². The summed E-state index contributed by atoms with van der Waals surface area (Å²) in [6.45, 7) is 2.53. The summed E-state index contributed by atoms with van der Waals surface area (Å²) in [5.41, 5.74) is 0.288. The second-order valence-electron chi connectivity index (χ2n) is 8.31. The van der Waals surface area contributed by atoms with E-state index in [-0.39, 0.29) is 41.5 Å². The zero-order chi connectivity index (χ0) is 23.4. The Labute approximate surface area is 183 Å². The Bertz CT molecular complexity index is 978. The molecule has 0 bridgehead atoms. The Morgan fingerprint density at radius 3 is 2.75 bits per heavy atom. The van der Waals surface area contributed by atoms with Crippen LogP contribution in [0.4, 0.5) is 24.9 Å². The lowest BCUT2D eigenvalue weighted by Gasteiger charge is -2.40. The summed E-state index contributed by atoms with van der Waals surface area (Å²) in [5, 5.41) is 25.7. The molecule has 0 aromatic carbocycles. The van der Waals surface area contributed by atoms with Crippen LogP contribution >= 0.6 is 0 Å². The quantitative estimate of drug-likeness (QED) is 0.582. The number of anilines is 2. The van der Waals surface area contributed by atoms with Crippen LogP contribution < -0.4 is 15.4 Å². The molecule has 0 amide bonds. The number of halogens is 3. The molecule has 1 saturated carbocycles. The third-order valence-corrected chi connectivity index (χ3v) is 5.27. The summed E-state index contributed by atoms with van der Waals surface area (Å²) in [6, 6.07) is 2.07. The number of aromatic nitrogens is 4. The highest BCUT2D eigenvalue weighted by Crippen LogP contribution is 2.37. The van der Waals surface area contributed by atoms with E-state index in [4.69, 9.17) is 4.74 Å². The van der Waals surface area contributed by atoms with Crippen LogP contribution in [0.2, 0.25) is 0 Å². The first-order chi connectivity index (χ1) is 15.1. The van der Waals surface area contributed by atoms with Crippen LogP contribution in [0.3, 0.4) is 0 Å². The molecule has 2 aromatic rings. The third kappa shape index (κ3) is 6.16. The number of hydrogen-bond donors (Lipinski definition) is 3. The molecule has 12 heteroatoms. The SMILES string of the molecule is CC1(C)C[C@H](Nc2nc(NCc3cncnc3OCC(F)(F)F)ncc2C#N)CC[C@@H]1O. The average Bonchev–Trinajstić information content (AvgIpc) is 2.73. The van der Waals surface area contributed by atoms with Crippen molar-refractivity contribution >= 4 is 11.8 Å². The molecule has 172 valence electrons. The fourth-order valence-corrected chi connectivity index (χ4v) is 3.52. The van der Waals surface area contributed by atoms with Gasteiger partial charge in [-0.25, -0.2) is 15.0 Å². The largest absolute Gasteiger partial charge is 0.468 e. The van der Waals surface area contributed by atoms with Crippen LogP contribution in [-0.4, -0.2) is 50.0 Å². The van der Waals surface area contributed by atoms with Gasteiger partial charge in [-0.1, -0.05) is 13.8 Å².